The molecule has 0 heterocycles. The van der Waals surface area contributed by atoms with Crippen LogP contribution in [0.2, 0.25) is 0 Å². The van der Waals surface area contributed by atoms with Crippen molar-refractivity contribution in [2.24, 2.45) is 16.7 Å². The van der Waals surface area contributed by atoms with Crippen LogP contribution in [0, 0.1) is 16.7 Å². The Balaban J connectivity index is 3.01. The average molecular weight is 189 g/mol. The van der Waals surface area contributed by atoms with Gasteiger partial charge in [-0.3, -0.25) is 4.79 Å². The molecule has 2 heteroatoms. The summed E-state index contributed by atoms with van der Waals surface area (Å²) in [6.45, 7) is 8.48. The van der Waals surface area contributed by atoms with Crippen LogP contribution in [0.15, 0.2) is 0 Å². The zero-order chi connectivity index (χ0) is 9.57. The van der Waals surface area contributed by atoms with Crippen LogP contribution < -0.4 is 0 Å². The van der Waals surface area contributed by atoms with Gasteiger partial charge in [-0.25, -0.2) is 0 Å². The van der Waals surface area contributed by atoms with E-state index in [2.05, 4.69) is 20.8 Å². The van der Waals surface area contributed by atoms with Crippen molar-refractivity contribution in [1.29, 1.82) is 0 Å². The zero-order valence-electron chi connectivity index (χ0n) is 8.28. The summed E-state index contributed by atoms with van der Waals surface area (Å²) < 4.78 is 0. The third-order valence-corrected chi connectivity index (χ3v) is 4.58. The zero-order valence-corrected chi connectivity index (χ0v) is 9.03. The summed E-state index contributed by atoms with van der Waals surface area (Å²) in [6.07, 6.45) is 2.05. The van der Waals surface area contributed by atoms with Gasteiger partial charge in [-0.15, -0.1) is 0 Å². The predicted octanol–water partition coefficient (Wildman–Crippen LogP) is 3.21. The van der Waals surface area contributed by atoms with Crippen molar-refractivity contribution in [3.8, 4) is 0 Å². The van der Waals surface area contributed by atoms with Crippen molar-refractivity contribution in [3.05, 3.63) is 0 Å². The van der Waals surface area contributed by atoms with Crippen LogP contribution in [0.4, 0.5) is 0 Å². The molecule has 1 saturated carbocycles. The molecule has 12 heavy (non-hydrogen) atoms. The second-order valence-corrected chi connectivity index (χ2v) is 5.11. The van der Waals surface area contributed by atoms with Crippen LogP contribution in [0.1, 0.15) is 40.5 Å². The highest BCUT2D eigenvalue weighted by Gasteiger charge is 2.53. The monoisotopic (exact) mass is 188 g/mol. The largest absolute Gasteiger partial charge is 0.281 e. The van der Waals surface area contributed by atoms with Gasteiger partial charge in [-0.1, -0.05) is 27.7 Å². The lowest BCUT2D eigenvalue weighted by molar-refractivity contribution is -0.124. The van der Waals surface area contributed by atoms with E-state index in [4.69, 9.17) is 11.6 Å². The molecule has 1 nitrogen and oxygen atoms in total. The minimum atomic E-state index is -0.312. The molecule has 0 N–H and O–H groups in total. The Kier molecular flexibility index (Phi) is 2.28. The summed E-state index contributed by atoms with van der Waals surface area (Å²) in [5.74, 6) is 0.588. The molecule has 0 saturated heterocycles. The minimum absolute atomic E-state index is 0.0475. The number of carbonyl (C=O) groups excluding carboxylic acids is 1. The van der Waals surface area contributed by atoms with Crippen LogP contribution in [0.25, 0.3) is 0 Å². The summed E-state index contributed by atoms with van der Waals surface area (Å²) in [7, 11) is 0. The fourth-order valence-corrected chi connectivity index (χ4v) is 2.42. The van der Waals surface area contributed by atoms with Crippen molar-refractivity contribution >= 4 is 16.8 Å². The summed E-state index contributed by atoms with van der Waals surface area (Å²) in [5.41, 5.74) is -0.264. The van der Waals surface area contributed by atoms with Crippen LogP contribution in [-0.4, -0.2) is 5.24 Å². The Morgan fingerprint density at radius 1 is 1.42 bits per heavy atom. The van der Waals surface area contributed by atoms with Gasteiger partial charge in [0, 0.05) is 5.41 Å². The molecule has 70 valence electrons. The van der Waals surface area contributed by atoms with Crippen LogP contribution >= 0.6 is 11.6 Å². The molecule has 2 atom stereocenters. The first-order valence-electron chi connectivity index (χ1n) is 4.52. The molecule has 0 aromatic carbocycles. The highest BCUT2D eigenvalue weighted by molar-refractivity contribution is 6.64. The topological polar surface area (TPSA) is 17.1 Å². The summed E-state index contributed by atoms with van der Waals surface area (Å²) >= 11 is 5.64. The first-order chi connectivity index (χ1) is 5.32. The molecule has 0 aliphatic heterocycles. The fourth-order valence-electron chi connectivity index (χ4n) is 2.08. The van der Waals surface area contributed by atoms with Crippen molar-refractivity contribution in [2.45, 2.75) is 40.5 Å². The normalized spacial score (nSPS) is 39.9. The second-order valence-electron chi connectivity index (χ2n) is 4.77. The number of hydrogen-bond donors (Lipinski definition) is 0. The van der Waals surface area contributed by atoms with Gasteiger partial charge in [0.15, 0.2) is 0 Å². The Morgan fingerprint density at radius 2 is 1.92 bits per heavy atom. The average Bonchev–Trinajstić information content (AvgIpc) is 2.15. The van der Waals surface area contributed by atoms with Gasteiger partial charge in [-0.2, -0.15) is 0 Å². The molecule has 0 radical (unpaired) electrons. The van der Waals surface area contributed by atoms with E-state index in [1.54, 1.807) is 0 Å². The van der Waals surface area contributed by atoms with Crippen LogP contribution in [0.3, 0.4) is 0 Å². The fraction of sp³-hybridized carbons (Fsp3) is 0.900. The Morgan fingerprint density at radius 3 is 2.08 bits per heavy atom. The Labute approximate surface area is 79.5 Å². The third-order valence-electron chi connectivity index (χ3n) is 4.17. The van der Waals surface area contributed by atoms with E-state index in [0.29, 0.717) is 5.92 Å². The van der Waals surface area contributed by atoms with Gasteiger partial charge in [0.1, 0.15) is 0 Å². The Hall–Kier alpha value is -0.0400. The van der Waals surface area contributed by atoms with Gasteiger partial charge in [0.05, 0.1) is 0 Å². The maximum Gasteiger partial charge on any atom is 0.228 e. The highest BCUT2D eigenvalue weighted by Crippen LogP contribution is 2.56. The Bertz CT molecular complexity index is 210. The molecule has 0 spiro atoms. The van der Waals surface area contributed by atoms with Gasteiger partial charge in [-0.05, 0) is 35.8 Å². The third kappa shape index (κ3) is 1.10. The van der Waals surface area contributed by atoms with E-state index in [9.17, 15) is 4.79 Å². The lowest BCUT2D eigenvalue weighted by Gasteiger charge is -2.37. The highest BCUT2D eigenvalue weighted by atomic mass is 35.5. The van der Waals surface area contributed by atoms with E-state index in [1.165, 1.54) is 0 Å². The van der Waals surface area contributed by atoms with E-state index in [0.717, 1.165) is 12.8 Å². The quantitative estimate of drug-likeness (QED) is 0.578. The molecule has 1 rings (SSSR count). The molecular weight excluding hydrogens is 172 g/mol. The molecule has 0 aromatic heterocycles. The van der Waals surface area contributed by atoms with Crippen molar-refractivity contribution < 1.29 is 4.79 Å². The molecular formula is C10H17ClO. The van der Waals surface area contributed by atoms with Crippen molar-refractivity contribution in [2.75, 3.05) is 0 Å². The molecule has 0 unspecified atom stereocenters. The number of carbonyl (C=O) groups is 1. The first-order valence-corrected chi connectivity index (χ1v) is 4.90. The molecule has 1 aliphatic rings. The number of halogens is 1. The predicted molar refractivity (Wildman–Crippen MR) is 51.1 cm³/mol. The number of rotatable bonds is 1. The molecule has 0 amide bonds. The van der Waals surface area contributed by atoms with Crippen LogP contribution in [0.5, 0.6) is 0 Å². The SMILES string of the molecule is C[C@@H]1CC[C@](C)(C(=O)Cl)C1(C)C. The minimum Gasteiger partial charge on any atom is -0.281 e. The lowest BCUT2D eigenvalue weighted by Crippen LogP contribution is -2.37. The molecule has 0 bridgehead atoms. The number of hydrogen-bond acceptors (Lipinski definition) is 1. The van der Waals surface area contributed by atoms with Crippen molar-refractivity contribution in [3.63, 3.8) is 0 Å². The van der Waals surface area contributed by atoms with E-state index in [1.807, 2.05) is 6.92 Å². The van der Waals surface area contributed by atoms with Crippen molar-refractivity contribution in [1.82, 2.24) is 0 Å². The standard InChI is InChI=1S/C10H17ClO/c1-7-5-6-10(4,8(11)12)9(7,2)3/h7H,5-6H2,1-4H3/t7-,10-/m1/s1. The van der Waals surface area contributed by atoms with E-state index < -0.39 is 0 Å². The molecule has 1 fully saturated rings. The maximum absolute atomic E-state index is 11.3. The van der Waals surface area contributed by atoms with Gasteiger partial charge in [0.2, 0.25) is 5.24 Å². The van der Waals surface area contributed by atoms with Crippen LogP contribution in [-0.2, 0) is 4.79 Å². The maximum atomic E-state index is 11.3. The van der Waals surface area contributed by atoms with E-state index >= 15 is 0 Å². The summed E-state index contributed by atoms with van der Waals surface area (Å²) in [5, 5.41) is -0.170. The summed E-state index contributed by atoms with van der Waals surface area (Å²) in [4.78, 5) is 11.3. The summed E-state index contributed by atoms with van der Waals surface area (Å²) in [6, 6.07) is 0. The smallest absolute Gasteiger partial charge is 0.228 e. The molecule has 1 aliphatic carbocycles. The van der Waals surface area contributed by atoms with E-state index in [-0.39, 0.29) is 16.1 Å². The lowest BCUT2D eigenvalue weighted by atomic mass is 9.67. The molecule has 0 aromatic rings. The first kappa shape index (κ1) is 10.0. The van der Waals surface area contributed by atoms with Gasteiger partial charge < -0.3 is 0 Å². The second kappa shape index (κ2) is 2.73. The van der Waals surface area contributed by atoms with Gasteiger partial charge in [0.25, 0.3) is 0 Å². The van der Waals surface area contributed by atoms with Gasteiger partial charge >= 0.3 is 0 Å².